The standard InChI is InChI=1S/C16H26N2O3/c1-4-16(5-2,20-6-3)15-17-14(21-18-15)12-10-8-7-9-11-13(12)19/h12H,4-11H2,1-3H3. The highest BCUT2D eigenvalue weighted by Gasteiger charge is 2.36. The third-order valence-corrected chi connectivity index (χ3v) is 4.51. The number of Topliss-reactive ketones (excluding diaryl/α,β-unsaturated/α-hetero) is 1. The molecule has 1 fully saturated rings. The Bertz CT molecular complexity index is 466. The van der Waals surface area contributed by atoms with E-state index in [1.165, 1.54) is 0 Å². The van der Waals surface area contributed by atoms with Gasteiger partial charge in [0.05, 0.1) is 5.92 Å². The van der Waals surface area contributed by atoms with E-state index in [2.05, 4.69) is 24.0 Å². The molecule has 5 heteroatoms. The molecular weight excluding hydrogens is 268 g/mol. The number of ether oxygens (including phenoxy) is 1. The van der Waals surface area contributed by atoms with Gasteiger partial charge in [-0.3, -0.25) is 4.79 Å². The van der Waals surface area contributed by atoms with E-state index in [-0.39, 0.29) is 11.7 Å². The zero-order chi connectivity index (χ0) is 15.3. The number of ketones is 1. The van der Waals surface area contributed by atoms with E-state index in [1.807, 2.05) is 6.92 Å². The molecule has 1 heterocycles. The quantitative estimate of drug-likeness (QED) is 0.748. The minimum absolute atomic E-state index is 0.221. The average Bonchev–Trinajstić information content (AvgIpc) is 2.89. The van der Waals surface area contributed by atoms with Crippen molar-refractivity contribution in [3.8, 4) is 0 Å². The lowest BCUT2D eigenvalue weighted by atomic mass is 9.95. The second-order valence-corrected chi connectivity index (χ2v) is 5.71. The van der Waals surface area contributed by atoms with Crippen LogP contribution in [0.5, 0.6) is 0 Å². The average molecular weight is 294 g/mol. The zero-order valence-corrected chi connectivity index (χ0v) is 13.4. The first-order valence-electron chi connectivity index (χ1n) is 8.17. The molecule has 1 saturated carbocycles. The Labute approximate surface area is 126 Å². The normalized spacial score (nSPS) is 20.5. The summed E-state index contributed by atoms with van der Waals surface area (Å²) in [5.74, 6) is 1.07. The molecule has 21 heavy (non-hydrogen) atoms. The van der Waals surface area contributed by atoms with Crippen LogP contribution in [0.4, 0.5) is 0 Å². The molecule has 0 aliphatic heterocycles. The summed E-state index contributed by atoms with van der Waals surface area (Å²) in [6.45, 7) is 6.70. The van der Waals surface area contributed by atoms with Gasteiger partial charge in [0.15, 0.2) is 0 Å². The first-order chi connectivity index (χ1) is 10.2. The number of aromatic nitrogens is 2. The SMILES string of the molecule is CCOC(CC)(CC)c1noc(C2CCCCCC2=O)n1. The number of nitrogens with zero attached hydrogens (tertiary/aromatic N) is 2. The lowest BCUT2D eigenvalue weighted by Crippen LogP contribution is -2.30. The summed E-state index contributed by atoms with van der Waals surface area (Å²) in [5.41, 5.74) is -0.496. The first-order valence-corrected chi connectivity index (χ1v) is 8.17. The van der Waals surface area contributed by atoms with Gasteiger partial charge in [-0.15, -0.1) is 0 Å². The monoisotopic (exact) mass is 294 g/mol. The van der Waals surface area contributed by atoms with E-state index in [1.54, 1.807) is 0 Å². The number of hydrogen-bond donors (Lipinski definition) is 0. The van der Waals surface area contributed by atoms with Crippen molar-refractivity contribution in [3.05, 3.63) is 11.7 Å². The van der Waals surface area contributed by atoms with Crippen LogP contribution in [0.15, 0.2) is 4.52 Å². The van der Waals surface area contributed by atoms with E-state index in [9.17, 15) is 4.79 Å². The van der Waals surface area contributed by atoms with E-state index >= 15 is 0 Å². The maximum atomic E-state index is 12.2. The summed E-state index contributed by atoms with van der Waals surface area (Å²) in [4.78, 5) is 16.7. The fourth-order valence-corrected chi connectivity index (χ4v) is 3.09. The van der Waals surface area contributed by atoms with Gasteiger partial charge in [0.1, 0.15) is 11.4 Å². The van der Waals surface area contributed by atoms with Crippen molar-refractivity contribution in [3.63, 3.8) is 0 Å². The molecule has 0 aromatic carbocycles. The van der Waals surface area contributed by atoms with Crippen molar-refractivity contribution in [2.24, 2.45) is 0 Å². The van der Waals surface area contributed by atoms with E-state index in [0.717, 1.165) is 38.5 Å². The van der Waals surface area contributed by atoms with Crippen LogP contribution in [0.3, 0.4) is 0 Å². The summed E-state index contributed by atoms with van der Waals surface area (Å²) in [7, 11) is 0. The fraction of sp³-hybridized carbons (Fsp3) is 0.812. The highest BCUT2D eigenvalue weighted by molar-refractivity contribution is 5.84. The molecule has 1 unspecified atom stereocenters. The van der Waals surface area contributed by atoms with E-state index in [4.69, 9.17) is 9.26 Å². The minimum atomic E-state index is -0.496. The summed E-state index contributed by atoms with van der Waals surface area (Å²) in [5, 5.41) is 4.13. The zero-order valence-electron chi connectivity index (χ0n) is 13.4. The van der Waals surface area contributed by atoms with Crippen LogP contribution in [0, 0.1) is 0 Å². The van der Waals surface area contributed by atoms with Crippen LogP contribution in [-0.4, -0.2) is 22.5 Å². The van der Waals surface area contributed by atoms with Crippen molar-refractivity contribution in [2.45, 2.75) is 77.2 Å². The molecule has 1 aliphatic carbocycles. The number of carbonyl (C=O) groups is 1. The predicted octanol–water partition coefficient (Wildman–Crippen LogP) is 3.74. The second kappa shape index (κ2) is 7.16. The van der Waals surface area contributed by atoms with Crippen LogP contribution in [-0.2, 0) is 15.1 Å². The summed E-state index contributed by atoms with van der Waals surface area (Å²) in [6, 6.07) is 0. The lowest BCUT2D eigenvalue weighted by Gasteiger charge is -2.27. The van der Waals surface area contributed by atoms with Crippen molar-refractivity contribution < 1.29 is 14.1 Å². The minimum Gasteiger partial charge on any atom is -0.367 e. The molecule has 0 saturated heterocycles. The van der Waals surface area contributed by atoms with E-state index in [0.29, 0.717) is 24.7 Å². The van der Waals surface area contributed by atoms with Crippen LogP contribution >= 0.6 is 0 Å². The molecule has 118 valence electrons. The molecule has 0 N–H and O–H groups in total. The smallest absolute Gasteiger partial charge is 0.237 e. The number of rotatable bonds is 6. The molecular formula is C16H26N2O3. The Kier molecular flexibility index (Phi) is 5.51. The molecule has 5 nitrogen and oxygen atoms in total. The van der Waals surface area contributed by atoms with Crippen molar-refractivity contribution in [2.75, 3.05) is 6.61 Å². The van der Waals surface area contributed by atoms with Crippen LogP contribution in [0.25, 0.3) is 0 Å². The van der Waals surface area contributed by atoms with Crippen molar-refractivity contribution in [1.82, 2.24) is 10.1 Å². The molecule has 0 spiro atoms. The Balaban J connectivity index is 2.25. The van der Waals surface area contributed by atoms with Crippen LogP contribution in [0.2, 0.25) is 0 Å². The molecule has 0 bridgehead atoms. The van der Waals surface area contributed by atoms with Gasteiger partial charge in [0, 0.05) is 13.0 Å². The van der Waals surface area contributed by atoms with Gasteiger partial charge in [-0.05, 0) is 32.6 Å². The Hall–Kier alpha value is -1.23. The fourth-order valence-electron chi connectivity index (χ4n) is 3.09. The molecule has 1 aromatic heterocycles. The Morgan fingerprint density at radius 1 is 1.24 bits per heavy atom. The largest absolute Gasteiger partial charge is 0.367 e. The third kappa shape index (κ3) is 3.34. The highest BCUT2D eigenvalue weighted by atomic mass is 16.5. The molecule has 1 aliphatic rings. The van der Waals surface area contributed by atoms with Gasteiger partial charge in [0.2, 0.25) is 11.7 Å². The van der Waals surface area contributed by atoms with Crippen LogP contribution < -0.4 is 0 Å². The Morgan fingerprint density at radius 3 is 2.67 bits per heavy atom. The van der Waals surface area contributed by atoms with Gasteiger partial charge in [-0.2, -0.15) is 4.98 Å². The van der Waals surface area contributed by atoms with Crippen LogP contribution in [0.1, 0.15) is 83.3 Å². The van der Waals surface area contributed by atoms with Gasteiger partial charge >= 0.3 is 0 Å². The molecule has 1 aromatic rings. The van der Waals surface area contributed by atoms with Gasteiger partial charge < -0.3 is 9.26 Å². The number of carbonyl (C=O) groups excluding carboxylic acids is 1. The van der Waals surface area contributed by atoms with Gasteiger partial charge in [0.25, 0.3) is 0 Å². The van der Waals surface area contributed by atoms with E-state index < -0.39 is 5.60 Å². The summed E-state index contributed by atoms with van der Waals surface area (Å²) >= 11 is 0. The first kappa shape index (κ1) is 16.1. The maximum Gasteiger partial charge on any atom is 0.237 e. The maximum absolute atomic E-state index is 12.2. The summed E-state index contributed by atoms with van der Waals surface area (Å²) < 4.78 is 11.3. The van der Waals surface area contributed by atoms with Gasteiger partial charge in [-0.1, -0.05) is 31.8 Å². The molecule has 2 rings (SSSR count). The predicted molar refractivity (Wildman–Crippen MR) is 79.0 cm³/mol. The molecule has 1 atom stereocenters. The summed E-state index contributed by atoms with van der Waals surface area (Å²) in [6.07, 6.45) is 6.15. The lowest BCUT2D eigenvalue weighted by molar-refractivity contribution is -0.120. The Morgan fingerprint density at radius 2 is 2.00 bits per heavy atom. The van der Waals surface area contributed by atoms with Gasteiger partial charge in [-0.25, -0.2) is 0 Å². The molecule has 0 radical (unpaired) electrons. The highest BCUT2D eigenvalue weighted by Crippen LogP contribution is 2.34. The molecule has 0 amide bonds. The van der Waals surface area contributed by atoms with Crippen molar-refractivity contribution >= 4 is 5.78 Å². The third-order valence-electron chi connectivity index (χ3n) is 4.51. The second-order valence-electron chi connectivity index (χ2n) is 5.71. The van der Waals surface area contributed by atoms with Crippen molar-refractivity contribution in [1.29, 1.82) is 0 Å². The topological polar surface area (TPSA) is 65.2 Å². The number of hydrogen-bond acceptors (Lipinski definition) is 5.